The molecule has 1 atom stereocenters. The van der Waals surface area contributed by atoms with E-state index in [1.54, 1.807) is 0 Å². The van der Waals surface area contributed by atoms with Gasteiger partial charge >= 0.3 is 0 Å². The molecule has 0 aliphatic carbocycles. The summed E-state index contributed by atoms with van der Waals surface area (Å²) in [6.45, 7) is 13.8. The molecule has 2 nitrogen and oxygen atoms in total. The van der Waals surface area contributed by atoms with Crippen molar-refractivity contribution in [2.45, 2.75) is 52.7 Å². The Labute approximate surface area is 76.5 Å². The molecule has 0 spiro atoms. The van der Waals surface area contributed by atoms with E-state index in [-0.39, 0.29) is 0 Å². The first-order chi connectivity index (χ1) is 5.52. The zero-order valence-electron chi connectivity index (χ0n) is 9.04. The SMILES string of the molecule is CC(C)N1C[C@H](C)N(C(C)C)C1. The Hall–Kier alpha value is -0.0800. The van der Waals surface area contributed by atoms with Crippen LogP contribution in [0.4, 0.5) is 0 Å². The van der Waals surface area contributed by atoms with Gasteiger partial charge in [0.25, 0.3) is 0 Å². The molecule has 0 aromatic carbocycles. The lowest BCUT2D eigenvalue weighted by Gasteiger charge is -2.25. The molecule has 0 aromatic rings. The van der Waals surface area contributed by atoms with E-state index in [9.17, 15) is 0 Å². The molecule has 1 heterocycles. The van der Waals surface area contributed by atoms with Crippen LogP contribution in [-0.2, 0) is 0 Å². The molecule has 1 saturated heterocycles. The molecule has 1 aliphatic rings. The Morgan fingerprint density at radius 3 is 1.92 bits per heavy atom. The van der Waals surface area contributed by atoms with Crippen molar-refractivity contribution in [3.05, 3.63) is 0 Å². The summed E-state index contributed by atoms with van der Waals surface area (Å²) in [6, 6.07) is 2.10. The van der Waals surface area contributed by atoms with Gasteiger partial charge in [-0.2, -0.15) is 0 Å². The Morgan fingerprint density at radius 2 is 1.67 bits per heavy atom. The van der Waals surface area contributed by atoms with E-state index in [0.29, 0.717) is 12.1 Å². The third kappa shape index (κ3) is 1.99. The predicted molar refractivity (Wildman–Crippen MR) is 53.1 cm³/mol. The monoisotopic (exact) mass is 170 g/mol. The fourth-order valence-corrected chi connectivity index (χ4v) is 1.90. The van der Waals surface area contributed by atoms with E-state index < -0.39 is 0 Å². The van der Waals surface area contributed by atoms with Gasteiger partial charge in [-0.3, -0.25) is 9.80 Å². The lowest BCUT2D eigenvalue weighted by atomic mass is 10.2. The maximum Gasteiger partial charge on any atom is 0.0514 e. The fraction of sp³-hybridized carbons (Fsp3) is 1.00. The topological polar surface area (TPSA) is 6.48 Å². The lowest BCUT2D eigenvalue weighted by molar-refractivity contribution is 0.171. The van der Waals surface area contributed by atoms with Crippen LogP contribution in [0.2, 0.25) is 0 Å². The second kappa shape index (κ2) is 3.75. The van der Waals surface area contributed by atoms with E-state index in [0.717, 1.165) is 12.7 Å². The summed E-state index contributed by atoms with van der Waals surface area (Å²) < 4.78 is 0. The number of rotatable bonds is 2. The average molecular weight is 170 g/mol. The van der Waals surface area contributed by atoms with Gasteiger partial charge in [-0.25, -0.2) is 0 Å². The Balaban J connectivity index is 2.50. The molecule has 1 rings (SSSR count). The van der Waals surface area contributed by atoms with Crippen molar-refractivity contribution >= 4 is 0 Å². The van der Waals surface area contributed by atoms with Crippen molar-refractivity contribution in [2.24, 2.45) is 0 Å². The third-order valence-electron chi connectivity index (χ3n) is 2.80. The van der Waals surface area contributed by atoms with Crippen molar-refractivity contribution in [1.29, 1.82) is 0 Å². The highest BCUT2D eigenvalue weighted by molar-refractivity contribution is 4.82. The summed E-state index contributed by atoms with van der Waals surface area (Å²) in [7, 11) is 0. The van der Waals surface area contributed by atoms with Crippen molar-refractivity contribution < 1.29 is 0 Å². The minimum atomic E-state index is 0.684. The van der Waals surface area contributed by atoms with Crippen LogP contribution in [0, 0.1) is 0 Å². The molecule has 0 aromatic heterocycles. The summed E-state index contributed by atoms with van der Waals surface area (Å²) in [5, 5.41) is 0. The van der Waals surface area contributed by atoms with Crippen LogP contribution >= 0.6 is 0 Å². The molecule has 0 amide bonds. The largest absolute Gasteiger partial charge is 0.287 e. The summed E-state index contributed by atoms with van der Waals surface area (Å²) in [5.41, 5.74) is 0. The number of hydrogen-bond acceptors (Lipinski definition) is 2. The van der Waals surface area contributed by atoms with Crippen LogP contribution in [-0.4, -0.2) is 41.1 Å². The van der Waals surface area contributed by atoms with Crippen molar-refractivity contribution in [1.82, 2.24) is 9.80 Å². The molecule has 1 fully saturated rings. The minimum Gasteiger partial charge on any atom is -0.287 e. The first-order valence-electron chi connectivity index (χ1n) is 5.02. The zero-order chi connectivity index (χ0) is 9.30. The quantitative estimate of drug-likeness (QED) is 0.623. The van der Waals surface area contributed by atoms with E-state index in [1.165, 1.54) is 6.54 Å². The van der Waals surface area contributed by atoms with Crippen molar-refractivity contribution in [3.63, 3.8) is 0 Å². The summed E-state index contributed by atoms with van der Waals surface area (Å²) in [5.74, 6) is 0. The van der Waals surface area contributed by atoms with Gasteiger partial charge < -0.3 is 0 Å². The van der Waals surface area contributed by atoms with Gasteiger partial charge in [0.15, 0.2) is 0 Å². The first-order valence-corrected chi connectivity index (χ1v) is 5.02. The standard InChI is InChI=1S/C10H22N2/c1-8(2)11-6-10(5)12(7-11)9(3)4/h8-10H,6-7H2,1-5H3/t10-/m0/s1. The van der Waals surface area contributed by atoms with Gasteiger partial charge in [-0.05, 0) is 34.6 Å². The number of nitrogens with zero attached hydrogens (tertiary/aromatic N) is 2. The van der Waals surface area contributed by atoms with Crippen LogP contribution in [0.1, 0.15) is 34.6 Å². The minimum absolute atomic E-state index is 0.684. The molecule has 1 aliphatic heterocycles. The van der Waals surface area contributed by atoms with E-state index in [4.69, 9.17) is 0 Å². The zero-order valence-corrected chi connectivity index (χ0v) is 9.04. The van der Waals surface area contributed by atoms with Crippen LogP contribution in [0.15, 0.2) is 0 Å². The Bertz CT molecular complexity index is 143. The maximum absolute atomic E-state index is 2.56. The molecule has 0 bridgehead atoms. The van der Waals surface area contributed by atoms with Crippen molar-refractivity contribution in [2.75, 3.05) is 13.2 Å². The molecule has 0 radical (unpaired) electrons. The highest BCUT2D eigenvalue weighted by atomic mass is 15.4. The summed E-state index contributed by atoms with van der Waals surface area (Å²) in [4.78, 5) is 5.09. The highest BCUT2D eigenvalue weighted by Crippen LogP contribution is 2.17. The molecule has 12 heavy (non-hydrogen) atoms. The predicted octanol–water partition coefficient (Wildman–Crippen LogP) is 1.77. The van der Waals surface area contributed by atoms with Gasteiger partial charge in [0.1, 0.15) is 0 Å². The Morgan fingerprint density at radius 1 is 1.08 bits per heavy atom. The summed E-state index contributed by atoms with van der Waals surface area (Å²) >= 11 is 0. The van der Waals surface area contributed by atoms with Crippen LogP contribution in [0.5, 0.6) is 0 Å². The third-order valence-corrected chi connectivity index (χ3v) is 2.80. The van der Waals surface area contributed by atoms with E-state index in [1.807, 2.05) is 0 Å². The molecular weight excluding hydrogens is 148 g/mol. The second-order valence-electron chi connectivity index (χ2n) is 4.46. The lowest BCUT2D eigenvalue weighted by Crippen LogP contribution is -2.35. The van der Waals surface area contributed by atoms with Crippen molar-refractivity contribution in [3.8, 4) is 0 Å². The smallest absolute Gasteiger partial charge is 0.0514 e. The molecule has 72 valence electrons. The van der Waals surface area contributed by atoms with E-state index >= 15 is 0 Å². The fourth-order valence-electron chi connectivity index (χ4n) is 1.90. The van der Waals surface area contributed by atoms with Crippen LogP contribution in [0.3, 0.4) is 0 Å². The van der Waals surface area contributed by atoms with Crippen LogP contribution in [0.25, 0.3) is 0 Å². The molecule has 0 N–H and O–H groups in total. The van der Waals surface area contributed by atoms with Gasteiger partial charge in [0, 0.05) is 24.7 Å². The highest BCUT2D eigenvalue weighted by Gasteiger charge is 2.29. The van der Waals surface area contributed by atoms with Gasteiger partial charge in [-0.15, -0.1) is 0 Å². The summed E-state index contributed by atoms with van der Waals surface area (Å²) in [6.07, 6.45) is 0. The maximum atomic E-state index is 2.56. The second-order valence-corrected chi connectivity index (χ2v) is 4.46. The number of hydrogen-bond donors (Lipinski definition) is 0. The molecule has 0 unspecified atom stereocenters. The first kappa shape index (κ1) is 10.0. The van der Waals surface area contributed by atoms with E-state index in [2.05, 4.69) is 44.4 Å². The molecule has 0 saturated carbocycles. The normalized spacial score (nSPS) is 27.8. The van der Waals surface area contributed by atoms with Crippen LogP contribution < -0.4 is 0 Å². The average Bonchev–Trinajstić information content (AvgIpc) is 2.30. The molecule has 2 heteroatoms. The van der Waals surface area contributed by atoms with Gasteiger partial charge in [0.2, 0.25) is 0 Å². The Kier molecular flexibility index (Phi) is 3.13. The molecular formula is C10H22N2. The van der Waals surface area contributed by atoms with Gasteiger partial charge in [-0.1, -0.05) is 0 Å². The van der Waals surface area contributed by atoms with Gasteiger partial charge in [0.05, 0.1) is 6.67 Å².